The molecule has 0 heterocycles. The first-order valence-corrected chi connectivity index (χ1v) is 6.68. The van der Waals surface area contributed by atoms with Crippen molar-refractivity contribution >= 4 is 11.5 Å². The minimum Gasteiger partial charge on any atom is -0.277 e. The average molecular weight is 253 g/mol. The molecule has 0 amide bonds. The highest BCUT2D eigenvalue weighted by Crippen LogP contribution is 2.23. The van der Waals surface area contributed by atoms with E-state index in [9.17, 15) is 0 Å². The number of amidine groups is 1. The van der Waals surface area contributed by atoms with Crippen LogP contribution in [0.4, 0.5) is 5.69 Å². The van der Waals surface area contributed by atoms with Crippen LogP contribution in [0, 0.1) is 0 Å². The van der Waals surface area contributed by atoms with Gasteiger partial charge in [-0.15, -0.1) is 0 Å². The summed E-state index contributed by atoms with van der Waals surface area (Å²) >= 11 is 0. The molecule has 19 heavy (non-hydrogen) atoms. The van der Waals surface area contributed by atoms with Gasteiger partial charge in [-0.25, -0.2) is 5.32 Å². The fraction of sp³-hybridized carbons (Fsp3) is 0.235. The number of anilines is 1. The van der Waals surface area contributed by atoms with Gasteiger partial charge in [0.15, 0.2) is 0 Å². The molecule has 98 valence electrons. The summed E-state index contributed by atoms with van der Waals surface area (Å²) < 4.78 is 0. The third kappa shape index (κ3) is 3.22. The van der Waals surface area contributed by atoms with Crippen LogP contribution >= 0.6 is 0 Å². The Labute approximate surface area is 115 Å². The van der Waals surface area contributed by atoms with E-state index < -0.39 is 0 Å². The fourth-order valence-electron chi connectivity index (χ4n) is 2.13. The van der Waals surface area contributed by atoms with E-state index >= 15 is 0 Å². The lowest BCUT2D eigenvalue weighted by Crippen LogP contribution is -2.70. The van der Waals surface area contributed by atoms with Crippen molar-refractivity contribution in [3.63, 3.8) is 0 Å². The lowest BCUT2D eigenvalue weighted by molar-refractivity contribution is -0.419. The zero-order valence-corrected chi connectivity index (χ0v) is 11.8. The molecule has 0 radical (unpaired) electrons. The fourth-order valence-corrected chi connectivity index (χ4v) is 2.13. The zero-order chi connectivity index (χ0) is 13.7. The van der Waals surface area contributed by atoms with E-state index in [4.69, 9.17) is 0 Å². The van der Waals surface area contributed by atoms with Crippen molar-refractivity contribution in [3.05, 3.63) is 65.7 Å². The predicted octanol–water partition coefficient (Wildman–Crippen LogP) is 2.38. The normalized spacial score (nSPS) is 11.7. The molecule has 0 aromatic heterocycles. The van der Waals surface area contributed by atoms with E-state index in [2.05, 4.69) is 60.6 Å². The second kappa shape index (κ2) is 6.19. The van der Waals surface area contributed by atoms with Crippen LogP contribution in [-0.4, -0.2) is 12.9 Å². The highest BCUT2D eigenvalue weighted by atomic mass is 15.0. The van der Waals surface area contributed by atoms with Crippen LogP contribution in [0.1, 0.15) is 30.9 Å². The van der Waals surface area contributed by atoms with Gasteiger partial charge in [0.2, 0.25) is 0 Å². The number of hydrogen-bond acceptors (Lipinski definition) is 0. The van der Waals surface area contributed by atoms with Gasteiger partial charge in [0.05, 0.1) is 12.6 Å². The van der Waals surface area contributed by atoms with Gasteiger partial charge in [0.25, 0.3) is 5.84 Å². The summed E-state index contributed by atoms with van der Waals surface area (Å²) in [6.07, 6.45) is 0. The highest BCUT2D eigenvalue weighted by molar-refractivity contribution is 6.04. The third-order valence-electron chi connectivity index (χ3n) is 3.15. The number of para-hydroxylation sites is 1. The Morgan fingerprint density at radius 2 is 1.58 bits per heavy atom. The molecule has 0 fully saturated rings. The third-order valence-corrected chi connectivity index (χ3v) is 3.15. The van der Waals surface area contributed by atoms with Crippen LogP contribution in [0.25, 0.3) is 0 Å². The number of nitrogens with one attached hydrogen (secondary N) is 2. The molecule has 2 heteroatoms. The van der Waals surface area contributed by atoms with Gasteiger partial charge in [-0.1, -0.05) is 50.2 Å². The van der Waals surface area contributed by atoms with E-state index in [0.717, 1.165) is 17.1 Å². The van der Waals surface area contributed by atoms with Crippen molar-refractivity contribution in [2.24, 2.45) is 0 Å². The molecule has 0 spiro atoms. The topological polar surface area (TPSA) is 26.0 Å². The van der Waals surface area contributed by atoms with Crippen molar-refractivity contribution in [2.45, 2.75) is 19.8 Å². The first kappa shape index (κ1) is 13.3. The Hall–Kier alpha value is -2.09. The van der Waals surface area contributed by atoms with E-state index in [1.54, 1.807) is 0 Å². The van der Waals surface area contributed by atoms with E-state index in [0.29, 0.717) is 5.92 Å². The summed E-state index contributed by atoms with van der Waals surface area (Å²) in [4.78, 5) is 3.24. The summed E-state index contributed by atoms with van der Waals surface area (Å²) in [5, 5.41) is 3.50. The second-order valence-corrected chi connectivity index (χ2v) is 4.86. The molecule has 0 aliphatic carbocycles. The van der Waals surface area contributed by atoms with E-state index in [-0.39, 0.29) is 0 Å². The Kier molecular flexibility index (Phi) is 4.35. The molecule has 0 unspecified atom stereocenters. The maximum atomic E-state index is 3.50. The van der Waals surface area contributed by atoms with Crippen LogP contribution in [0.2, 0.25) is 0 Å². The monoisotopic (exact) mass is 253 g/mol. The summed E-state index contributed by atoms with van der Waals surface area (Å²) in [6.45, 7) is 4.42. The Morgan fingerprint density at radius 3 is 2.21 bits per heavy atom. The average Bonchev–Trinajstić information content (AvgIpc) is 2.46. The van der Waals surface area contributed by atoms with Crippen molar-refractivity contribution in [3.8, 4) is 0 Å². The summed E-state index contributed by atoms with van der Waals surface area (Å²) in [6, 6.07) is 18.7. The largest absolute Gasteiger partial charge is 0.279 e. The second-order valence-electron chi connectivity index (χ2n) is 4.86. The quantitative estimate of drug-likeness (QED) is 0.637. The molecule has 2 N–H and O–H groups in total. The van der Waals surface area contributed by atoms with Gasteiger partial charge in [-0.05, 0) is 24.1 Å². The first-order chi connectivity index (χ1) is 9.22. The van der Waals surface area contributed by atoms with Crippen LogP contribution < -0.4 is 10.3 Å². The maximum absolute atomic E-state index is 3.50. The zero-order valence-electron chi connectivity index (χ0n) is 11.8. The van der Waals surface area contributed by atoms with Crippen LogP contribution in [0.5, 0.6) is 0 Å². The van der Waals surface area contributed by atoms with Gasteiger partial charge in [-0.3, -0.25) is 4.99 Å². The maximum Gasteiger partial charge on any atom is 0.279 e. The minimum absolute atomic E-state index is 0.498. The van der Waals surface area contributed by atoms with E-state index in [1.165, 1.54) is 5.56 Å². The van der Waals surface area contributed by atoms with Gasteiger partial charge in [-0.2, -0.15) is 0 Å². The molecule has 0 aliphatic heterocycles. The molecular formula is C17H21N2+. The summed E-state index contributed by atoms with van der Waals surface area (Å²) in [5.41, 5.74) is 3.64. The smallest absolute Gasteiger partial charge is 0.277 e. The van der Waals surface area contributed by atoms with Crippen LogP contribution in [0.3, 0.4) is 0 Å². The molecule has 0 saturated carbocycles. The van der Waals surface area contributed by atoms with Crippen molar-refractivity contribution < 1.29 is 4.99 Å². The Bertz CT molecular complexity index is 556. The molecule has 0 bridgehead atoms. The Balaban J connectivity index is 2.30. The standard InChI is InChI=1S/C17H20N2/c1-13(2)15-11-7-8-12-16(15)19-17(18-3)14-9-5-4-6-10-14/h4-13H,1-3H3,(H,18,19)/p+1. The molecular weight excluding hydrogens is 232 g/mol. The van der Waals surface area contributed by atoms with Gasteiger partial charge < -0.3 is 0 Å². The number of benzene rings is 2. The summed E-state index contributed by atoms with van der Waals surface area (Å²) in [5.74, 6) is 1.52. The van der Waals surface area contributed by atoms with Crippen LogP contribution in [-0.2, 0) is 0 Å². The number of rotatable bonds is 3. The van der Waals surface area contributed by atoms with Gasteiger partial charge in [0, 0.05) is 5.56 Å². The lowest BCUT2D eigenvalue weighted by Gasteiger charge is -2.10. The van der Waals surface area contributed by atoms with Gasteiger partial charge >= 0.3 is 0 Å². The van der Waals surface area contributed by atoms with E-state index in [1.807, 2.05) is 25.2 Å². The molecule has 0 aliphatic rings. The molecule has 0 saturated heterocycles. The van der Waals surface area contributed by atoms with Gasteiger partial charge in [0.1, 0.15) is 5.69 Å². The van der Waals surface area contributed by atoms with Crippen molar-refractivity contribution in [2.75, 3.05) is 12.4 Å². The van der Waals surface area contributed by atoms with Crippen molar-refractivity contribution in [1.82, 2.24) is 0 Å². The first-order valence-electron chi connectivity index (χ1n) is 6.68. The minimum atomic E-state index is 0.498. The van der Waals surface area contributed by atoms with Crippen LogP contribution in [0.15, 0.2) is 54.6 Å². The Morgan fingerprint density at radius 1 is 0.947 bits per heavy atom. The lowest BCUT2D eigenvalue weighted by atomic mass is 10.0. The molecule has 2 nitrogen and oxygen atoms in total. The number of hydrogen-bond donors (Lipinski definition) is 2. The molecule has 0 atom stereocenters. The van der Waals surface area contributed by atoms with Crippen molar-refractivity contribution in [1.29, 1.82) is 0 Å². The highest BCUT2D eigenvalue weighted by Gasteiger charge is 2.14. The molecule has 2 aromatic carbocycles. The SMILES string of the molecule is C[NH+]=C(Nc1ccccc1C(C)C)c1ccccc1. The molecule has 2 aromatic rings. The molecule has 2 rings (SSSR count). The predicted molar refractivity (Wildman–Crippen MR) is 81.6 cm³/mol. The summed E-state index contributed by atoms with van der Waals surface area (Å²) in [7, 11) is 1.94.